The van der Waals surface area contributed by atoms with Crippen LogP contribution in [0.3, 0.4) is 0 Å². The van der Waals surface area contributed by atoms with Crippen molar-refractivity contribution in [2.24, 2.45) is 5.92 Å². The number of rotatable bonds is 4. The van der Waals surface area contributed by atoms with Crippen LogP contribution < -0.4 is 10.1 Å². The quantitative estimate of drug-likeness (QED) is 0.906. The van der Waals surface area contributed by atoms with Gasteiger partial charge in [0.25, 0.3) is 5.91 Å². The van der Waals surface area contributed by atoms with E-state index in [1.54, 1.807) is 7.11 Å². The van der Waals surface area contributed by atoms with Gasteiger partial charge in [0.15, 0.2) is 0 Å². The molecule has 1 saturated heterocycles. The minimum atomic E-state index is 0.0624. The number of thiophene rings is 1. The van der Waals surface area contributed by atoms with E-state index in [4.69, 9.17) is 4.74 Å². The van der Waals surface area contributed by atoms with E-state index in [0.717, 1.165) is 19.6 Å². The zero-order valence-electron chi connectivity index (χ0n) is 10.9. The van der Waals surface area contributed by atoms with E-state index in [1.807, 2.05) is 23.4 Å². The van der Waals surface area contributed by atoms with Gasteiger partial charge in [0.1, 0.15) is 10.6 Å². The number of hydrogen-bond acceptors (Lipinski definition) is 4. The van der Waals surface area contributed by atoms with Crippen molar-refractivity contribution < 1.29 is 9.53 Å². The molecule has 1 aromatic rings. The molecule has 100 valence electrons. The smallest absolute Gasteiger partial charge is 0.267 e. The Labute approximate surface area is 112 Å². The summed E-state index contributed by atoms with van der Waals surface area (Å²) in [7, 11) is 3.47. The van der Waals surface area contributed by atoms with Crippen LogP contribution in [0.2, 0.25) is 0 Å². The molecular weight excluding hydrogens is 248 g/mol. The number of nitrogens with zero attached hydrogens (tertiary/aromatic N) is 1. The fourth-order valence-electron chi connectivity index (χ4n) is 2.34. The van der Waals surface area contributed by atoms with Gasteiger partial charge in [-0.15, -0.1) is 11.3 Å². The van der Waals surface area contributed by atoms with E-state index < -0.39 is 0 Å². The fourth-order valence-corrected chi connectivity index (χ4v) is 3.19. The molecule has 2 rings (SSSR count). The maximum absolute atomic E-state index is 12.3. The number of methoxy groups -OCH3 is 1. The third-order valence-corrected chi connectivity index (χ3v) is 4.20. The molecule has 1 unspecified atom stereocenters. The Balaban J connectivity index is 1.95. The molecule has 1 N–H and O–H groups in total. The summed E-state index contributed by atoms with van der Waals surface area (Å²) in [4.78, 5) is 14.8. The van der Waals surface area contributed by atoms with Gasteiger partial charge >= 0.3 is 0 Å². The van der Waals surface area contributed by atoms with E-state index in [9.17, 15) is 4.79 Å². The summed E-state index contributed by atoms with van der Waals surface area (Å²) >= 11 is 1.44. The molecular formula is C13H20N2O2S. The number of piperidine rings is 1. The number of nitrogens with one attached hydrogen (secondary N) is 1. The Morgan fingerprint density at radius 3 is 3.17 bits per heavy atom. The van der Waals surface area contributed by atoms with Crippen molar-refractivity contribution in [3.63, 3.8) is 0 Å². The largest absolute Gasteiger partial charge is 0.495 e. The van der Waals surface area contributed by atoms with E-state index >= 15 is 0 Å². The van der Waals surface area contributed by atoms with Crippen LogP contribution in [0, 0.1) is 5.92 Å². The molecule has 0 saturated carbocycles. The van der Waals surface area contributed by atoms with Crippen molar-refractivity contribution in [3.8, 4) is 5.75 Å². The highest BCUT2D eigenvalue weighted by molar-refractivity contribution is 7.12. The second kappa shape index (κ2) is 6.20. The highest BCUT2D eigenvalue weighted by Crippen LogP contribution is 2.26. The third-order valence-electron chi connectivity index (χ3n) is 3.32. The Kier molecular flexibility index (Phi) is 4.60. The summed E-state index contributed by atoms with van der Waals surface area (Å²) in [6.07, 6.45) is 2.40. The number of hydrogen-bond donors (Lipinski definition) is 1. The molecule has 1 aliphatic heterocycles. The Morgan fingerprint density at radius 2 is 2.50 bits per heavy atom. The van der Waals surface area contributed by atoms with Crippen molar-refractivity contribution in [2.75, 3.05) is 33.8 Å². The van der Waals surface area contributed by atoms with Gasteiger partial charge in [-0.05, 0) is 43.3 Å². The number of amides is 1. The van der Waals surface area contributed by atoms with Gasteiger partial charge < -0.3 is 15.0 Å². The van der Waals surface area contributed by atoms with Gasteiger partial charge in [0.05, 0.1) is 7.11 Å². The summed E-state index contributed by atoms with van der Waals surface area (Å²) < 4.78 is 5.20. The Morgan fingerprint density at radius 1 is 1.67 bits per heavy atom. The van der Waals surface area contributed by atoms with Crippen LogP contribution in [-0.2, 0) is 0 Å². The first-order chi connectivity index (χ1) is 8.72. The van der Waals surface area contributed by atoms with E-state index in [2.05, 4.69) is 5.32 Å². The van der Waals surface area contributed by atoms with Gasteiger partial charge in [-0.3, -0.25) is 4.79 Å². The van der Waals surface area contributed by atoms with Crippen molar-refractivity contribution in [1.82, 2.24) is 10.2 Å². The van der Waals surface area contributed by atoms with Crippen molar-refractivity contribution in [1.29, 1.82) is 0 Å². The average Bonchev–Trinajstić information content (AvgIpc) is 2.87. The highest BCUT2D eigenvalue weighted by atomic mass is 32.1. The molecule has 1 fully saturated rings. The first-order valence-electron chi connectivity index (χ1n) is 6.30. The van der Waals surface area contributed by atoms with Gasteiger partial charge in [0, 0.05) is 13.6 Å². The lowest BCUT2D eigenvalue weighted by atomic mass is 9.99. The van der Waals surface area contributed by atoms with Gasteiger partial charge in [-0.1, -0.05) is 0 Å². The fraction of sp³-hybridized carbons (Fsp3) is 0.615. The maximum Gasteiger partial charge on any atom is 0.267 e. The standard InChI is InChI=1S/C13H20N2O2S/c1-15(9-10-4-3-6-14-8-10)13(16)12-11(17-2)5-7-18-12/h5,7,10,14H,3-4,6,8-9H2,1-2H3. The van der Waals surface area contributed by atoms with Crippen molar-refractivity contribution in [2.45, 2.75) is 12.8 Å². The van der Waals surface area contributed by atoms with Gasteiger partial charge in [-0.25, -0.2) is 0 Å². The molecule has 0 spiro atoms. The minimum absolute atomic E-state index is 0.0624. The molecule has 18 heavy (non-hydrogen) atoms. The molecule has 0 bridgehead atoms. The number of carbonyl (C=O) groups excluding carboxylic acids is 1. The molecule has 5 heteroatoms. The summed E-state index contributed by atoms with van der Waals surface area (Å²) in [5, 5.41) is 5.27. The van der Waals surface area contributed by atoms with Crippen LogP contribution in [-0.4, -0.2) is 44.6 Å². The number of carbonyl (C=O) groups is 1. The van der Waals surface area contributed by atoms with E-state index in [0.29, 0.717) is 16.5 Å². The first kappa shape index (κ1) is 13.4. The zero-order valence-corrected chi connectivity index (χ0v) is 11.8. The molecule has 4 nitrogen and oxygen atoms in total. The second-order valence-electron chi connectivity index (χ2n) is 4.72. The SMILES string of the molecule is COc1ccsc1C(=O)N(C)CC1CCCNC1. The summed E-state index contributed by atoms with van der Waals surface area (Å²) in [5.74, 6) is 1.31. The summed E-state index contributed by atoms with van der Waals surface area (Å²) in [5.41, 5.74) is 0. The van der Waals surface area contributed by atoms with E-state index in [-0.39, 0.29) is 5.91 Å². The molecule has 1 aliphatic rings. The van der Waals surface area contributed by atoms with Crippen LogP contribution in [0.1, 0.15) is 22.5 Å². The monoisotopic (exact) mass is 268 g/mol. The van der Waals surface area contributed by atoms with Crippen LogP contribution in [0.4, 0.5) is 0 Å². The second-order valence-corrected chi connectivity index (χ2v) is 5.63. The lowest BCUT2D eigenvalue weighted by Crippen LogP contribution is -2.39. The minimum Gasteiger partial charge on any atom is -0.495 e. The van der Waals surface area contributed by atoms with Crippen molar-refractivity contribution >= 4 is 17.2 Å². The topological polar surface area (TPSA) is 41.6 Å². The molecule has 0 aliphatic carbocycles. The van der Waals surface area contributed by atoms with Crippen molar-refractivity contribution in [3.05, 3.63) is 16.3 Å². The lowest BCUT2D eigenvalue weighted by Gasteiger charge is -2.27. The summed E-state index contributed by atoms with van der Waals surface area (Å²) in [6.45, 7) is 2.93. The lowest BCUT2D eigenvalue weighted by molar-refractivity contribution is 0.0766. The Hall–Kier alpha value is -1.07. The molecule has 0 radical (unpaired) electrons. The third kappa shape index (κ3) is 3.03. The van der Waals surface area contributed by atoms with Crippen LogP contribution in [0.25, 0.3) is 0 Å². The van der Waals surface area contributed by atoms with Gasteiger partial charge in [-0.2, -0.15) is 0 Å². The molecule has 1 aromatic heterocycles. The van der Waals surface area contributed by atoms with Crippen LogP contribution in [0.15, 0.2) is 11.4 Å². The molecule has 1 amide bonds. The van der Waals surface area contributed by atoms with Crippen LogP contribution >= 0.6 is 11.3 Å². The first-order valence-corrected chi connectivity index (χ1v) is 7.18. The van der Waals surface area contributed by atoms with Crippen LogP contribution in [0.5, 0.6) is 5.75 Å². The predicted molar refractivity (Wildman–Crippen MR) is 73.4 cm³/mol. The van der Waals surface area contributed by atoms with Gasteiger partial charge in [0.2, 0.25) is 0 Å². The average molecular weight is 268 g/mol. The predicted octanol–water partition coefficient (Wildman–Crippen LogP) is 1.83. The normalized spacial score (nSPS) is 19.6. The summed E-state index contributed by atoms with van der Waals surface area (Å²) in [6, 6.07) is 1.84. The molecule has 2 heterocycles. The maximum atomic E-state index is 12.3. The number of ether oxygens (including phenoxy) is 1. The molecule has 0 aromatic carbocycles. The highest BCUT2D eigenvalue weighted by Gasteiger charge is 2.22. The molecule has 1 atom stereocenters. The van der Waals surface area contributed by atoms with E-state index in [1.165, 1.54) is 24.2 Å². The Bertz CT molecular complexity index is 399. The zero-order chi connectivity index (χ0) is 13.0.